The molecule has 3 aromatic carbocycles. The summed E-state index contributed by atoms with van der Waals surface area (Å²) in [7, 11) is 0. The summed E-state index contributed by atoms with van der Waals surface area (Å²) in [5, 5.41) is 11.9. The standard InChI is InChI=1S/C31H22F4N4O2/c1-2-20(14-17-7-3-5-9-22(17)32)39-29(38-24-11-12-36-28(31(33,34)35)27(24)30(39)41)21-15-19-13-18-8-4-6-10-23(18)37-25(19)16-26(21)40/h3-13,15-16,20,40H,2,14H2,1H3. The topological polar surface area (TPSA) is 80.9 Å². The molecule has 1 unspecified atom stereocenters. The molecule has 0 amide bonds. The largest absolute Gasteiger partial charge is 0.507 e. The molecular formula is C31H22F4N4O2. The molecule has 0 fully saturated rings. The van der Waals surface area contributed by atoms with Crippen molar-refractivity contribution < 1.29 is 22.7 Å². The van der Waals surface area contributed by atoms with Crippen LogP contribution in [0.1, 0.15) is 30.6 Å². The Morgan fingerprint density at radius 2 is 1.66 bits per heavy atom. The second-order valence-corrected chi connectivity index (χ2v) is 9.76. The van der Waals surface area contributed by atoms with Gasteiger partial charge in [-0.3, -0.25) is 14.3 Å². The van der Waals surface area contributed by atoms with Crippen LogP contribution in [0.15, 0.2) is 83.8 Å². The number of phenolic OH excluding ortho intramolecular Hbond substituents is 1. The third-order valence-corrected chi connectivity index (χ3v) is 7.21. The molecule has 41 heavy (non-hydrogen) atoms. The van der Waals surface area contributed by atoms with Gasteiger partial charge in [0.05, 0.1) is 27.5 Å². The van der Waals surface area contributed by atoms with Gasteiger partial charge in [0, 0.05) is 29.1 Å². The predicted octanol–water partition coefficient (Wildman–Crippen LogP) is 7.22. The summed E-state index contributed by atoms with van der Waals surface area (Å²) < 4.78 is 57.7. The van der Waals surface area contributed by atoms with Crippen LogP contribution in [-0.2, 0) is 12.6 Å². The van der Waals surface area contributed by atoms with E-state index >= 15 is 0 Å². The first kappa shape index (κ1) is 26.4. The van der Waals surface area contributed by atoms with Crippen LogP contribution in [0, 0.1) is 5.82 Å². The van der Waals surface area contributed by atoms with E-state index in [2.05, 4.69) is 15.0 Å². The highest BCUT2D eigenvalue weighted by molar-refractivity contribution is 5.96. The van der Waals surface area contributed by atoms with Crippen LogP contribution in [0.3, 0.4) is 0 Å². The van der Waals surface area contributed by atoms with Crippen molar-refractivity contribution in [2.24, 2.45) is 0 Å². The van der Waals surface area contributed by atoms with Crippen molar-refractivity contribution in [3.05, 3.63) is 106 Å². The average Bonchev–Trinajstić information content (AvgIpc) is 2.95. The number of aromatic nitrogens is 4. The van der Waals surface area contributed by atoms with E-state index < -0.39 is 34.7 Å². The number of rotatable bonds is 5. The maximum Gasteiger partial charge on any atom is 0.434 e. The number of halogens is 4. The summed E-state index contributed by atoms with van der Waals surface area (Å²) in [5.74, 6) is -0.804. The van der Waals surface area contributed by atoms with Crippen LogP contribution in [0.25, 0.3) is 44.1 Å². The van der Waals surface area contributed by atoms with E-state index in [0.29, 0.717) is 10.9 Å². The van der Waals surface area contributed by atoms with E-state index in [1.165, 1.54) is 24.3 Å². The van der Waals surface area contributed by atoms with Crippen LogP contribution in [-0.4, -0.2) is 24.6 Å². The number of para-hydroxylation sites is 1. The van der Waals surface area contributed by atoms with Gasteiger partial charge in [-0.05, 0) is 48.7 Å². The van der Waals surface area contributed by atoms with Gasteiger partial charge >= 0.3 is 6.18 Å². The van der Waals surface area contributed by atoms with Crippen LogP contribution >= 0.6 is 0 Å². The normalized spacial score (nSPS) is 12.8. The molecule has 0 radical (unpaired) electrons. The molecule has 0 saturated carbocycles. The molecule has 3 aromatic heterocycles. The van der Waals surface area contributed by atoms with Crippen LogP contribution < -0.4 is 5.56 Å². The van der Waals surface area contributed by atoms with Crippen molar-refractivity contribution in [2.45, 2.75) is 32.0 Å². The lowest BCUT2D eigenvalue weighted by Gasteiger charge is -2.24. The maximum atomic E-state index is 14.7. The van der Waals surface area contributed by atoms with Gasteiger partial charge in [-0.15, -0.1) is 0 Å². The summed E-state index contributed by atoms with van der Waals surface area (Å²) in [5.41, 5.74) is -0.932. The molecule has 206 valence electrons. The Morgan fingerprint density at radius 3 is 2.41 bits per heavy atom. The number of pyridine rings is 2. The Kier molecular flexibility index (Phi) is 6.40. The smallest absolute Gasteiger partial charge is 0.434 e. The molecule has 10 heteroatoms. The van der Waals surface area contributed by atoms with Gasteiger partial charge in [-0.25, -0.2) is 14.4 Å². The number of phenols is 1. The molecule has 1 atom stereocenters. The number of hydrogen-bond donors (Lipinski definition) is 1. The van der Waals surface area contributed by atoms with E-state index in [1.807, 2.05) is 30.3 Å². The summed E-state index contributed by atoms with van der Waals surface area (Å²) in [6, 6.07) is 18.8. The molecule has 0 saturated heterocycles. The fraction of sp³-hybridized carbons (Fsp3) is 0.161. The molecule has 0 aliphatic rings. The van der Waals surface area contributed by atoms with Crippen LogP contribution in [0.2, 0.25) is 0 Å². The van der Waals surface area contributed by atoms with Crippen molar-refractivity contribution in [1.82, 2.24) is 19.5 Å². The van der Waals surface area contributed by atoms with E-state index in [9.17, 15) is 27.5 Å². The van der Waals surface area contributed by atoms with Gasteiger partial charge in [-0.2, -0.15) is 13.2 Å². The third kappa shape index (κ3) is 4.65. The summed E-state index contributed by atoms with van der Waals surface area (Å²) in [6.07, 6.45) is -3.70. The molecule has 3 heterocycles. The van der Waals surface area contributed by atoms with Gasteiger partial charge in [0.25, 0.3) is 5.56 Å². The van der Waals surface area contributed by atoms with Crippen molar-refractivity contribution in [3.8, 4) is 17.1 Å². The van der Waals surface area contributed by atoms with Crippen molar-refractivity contribution in [1.29, 1.82) is 0 Å². The zero-order valence-electron chi connectivity index (χ0n) is 21.7. The first-order valence-corrected chi connectivity index (χ1v) is 12.9. The van der Waals surface area contributed by atoms with Gasteiger partial charge in [0.2, 0.25) is 0 Å². The van der Waals surface area contributed by atoms with E-state index in [4.69, 9.17) is 0 Å². The fourth-order valence-electron chi connectivity index (χ4n) is 5.21. The van der Waals surface area contributed by atoms with E-state index in [-0.39, 0.29) is 41.1 Å². The van der Waals surface area contributed by atoms with Gasteiger partial charge in [0.15, 0.2) is 5.69 Å². The lowest BCUT2D eigenvalue weighted by Crippen LogP contribution is -2.30. The third-order valence-electron chi connectivity index (χ3n) is 7.21. The Morgan fingerprint density at radius 1 is 0.902 bits per heavy atom. The number of benzene rings is 3. The number of fused-ring (bicyclic) bond motifs is 3. The van der Waals surface area contributed by atoms with Crippen molar-refractivity contribution in [2.75, 3.05) is 0 Å². The number of nitrogens with zero attached hydrogens (tertiary/aromatic N) is 4. The summed E-state index contributed by atoms with van der Waals surface area (Å²) >= 11 is 0. The van der Waals surface area contributed by atoms with Gasteiger partial charge in [-0.1, -0.05) is 43.3 Å². The Hall–Kier alpha value is -4.86. The Labute approximate surface area is 230 Å². The monoisotopic (exact) mass is 558 g/mol. The zero-order chi connectivity index (χ0) is 28.9. The van der Waals surface area contributed by atoms with E-state index in [0.717, 1.165) is 21.7 Å². The molecule has 0 bridgehead atoms. The zero-order valence-corrected chi connectivity index (χ0v) is 21.7. The molecule has 6 aromatic rings. The van der Waals surface area contributed by atoms with Gasteiger partial charge < -0.3 is 5.11 Å². The highest BCUT2D eigenvalue weighted by atomic mass is 19.4. The fourth-order valence-corrected chi connectivity index (χ4v) is 5.21. The summed E-state index contributed by atoms with van der Waals surface area (Å²) in [6.45, 7) is 1.75. The van der Waals surface area contributed by atoms with Crippen molar-refractivity contribution >= 4 is 32.7 Å². The minimum Gasteiger partial charge on any atom is -0.507 e. The quantitative estimate of drug-likeness (QED) is 0.179. The van der Waals surface area contributed by atoms with Crippen LogP contribution in [0.4, 0.5) is 17.6 Å². The maximum absolute atomic E-state index is 14.7. The second-order valence-electron chi connectivity index (χ2n) is 9.76. The number of hydrogen-bond acceptors (Lipinski definition) is 5. The minimum absolute atomic E-state index is 0.00537. The minimum atomic E-state index is -4.91. The lowest BCUT2D eigenvalue weighted by molar-refractivity contribution is -0.139. The Balaban J connectivity index is 1.67. The SMILES string of the molecule is CCC(Cc1ccccc1F)n1c(-c2cc3cc4ccccc4nc3cc2O)nc2ccnc(C(F)(F)F)c2c1=O. The molecule has 6 rings (SSSR count). The highest BCUT2D eigenvalue weighted by Gasteiger charge is 2.37. The first-order chi connectivity index (χ1) is 19.7. The molecule has 6 nitrogen and oxygen atoms in total. The van der Waals surface area contributed by atoms with E-state index in [1.54, 1.807) is 25.1 Å². The molecule has 0 aliphatic carbocycles. The van der Waals surface area contributed by atoms with Crippen LogP contribution in [0.5, 0.6) is 5.75 Å². The predicted molar refractivity (Wildman–Crippen MR) is 148 cm³/mol. The average molecular weight is 559 g/mol. The van der Waals surface area contributed by atoms with Gasteiger partial charge in [0.1, 0.15) is 17.4 Å². The number of aromatic hydroxyl groups is 1. The molecule has 1 N–H and O–H groups in total. The van der Waals surface area contributed by atoms with Crippen molar-refractivity contribution in [3.63, 3.8) is 0 Å². The second kappa shape index (κ2) is 9.96. The lowest BCUT2D eigenvalue weighted by atomic mass is 10.0. The first-order valence-electron chi connectivity index (χ1n) is 12.9. The highest BCUT2D eigenvalue weighted by Crippen LogP contribution is 2.37. The molecule has 0 aliphatic heterocycles. The molecule has 0 spiro atoms. The number of alkyl halides is 3. The molecular weight excluding hydrogens is 536 g/mol. The summed E-state index contributed by atoms with van der Waals surface area (Å²) in [4.78, 5) is 26.6. The Bertz CT molecular complexity index is 2020.